The molecule has 1 fully saturated rings. The van der Waals surface area contributed by atoms with Crippen molar-refractivity contribution in [3.8, 4) is 0 Å². The van der Waals surface area contributed by atoms with E-state index in [0.717, 1.165) is 12.8 Å². The van der Waals surface area contributed by atoms with Crippen LogP contribution in [-0.2, 0) is 0 Å². The average Bonchev–Trinajstić information content (AvgIpc) is 2.20. The van der Waals surface area contributed by atoms with Gasteiger partial charge in [0.25, 0.3) is 0 Å². The summed E-state index contributed by atoms with van der Waals surface area (Å²) in [6, 6.07) is 0.257. The molecule has 1 N–H and O–H groups in total. The fraction of sp³-hybridized carbons (Fsp3) is 1.00. The SMILES string of the molecule is CCN(C1CCCCC1)[N+]([O-])=NO.[H-].[Na+]. The van der Waals surface area contributed by atoms with E-state index in [9.17, 15) is 5.21 Å². The summed E-state index contributed by atoms with van der Waals surface area (Å²) in [5.41, 5.74) is 0. The molecule has 0 unspecified atom stereocenters. The van der Waals surface area contributed by atoms with Gasteiger partial charge in [-0.2, -0.15) is 0 Å². The van der Waals surface area contributed by atoms with Crippen molar-refractivity contribution in [1.82, 2.24) is 5.01 Å². The molecular formula is C8H18N3NaO2. The molecule has 6 heteroatoms. The predicted octanol–water partition coefficient (Wildman–Crippen LogP) is -0.976. The van der Waals surface area contributed by atoms with E-state index in [4.69, 9.17) is 5.21 Å². The number of hydrogen-bond acceptors (Lipinski definition) is 2. The van der Waals surface area contributed by atoms with E-state index in [0.29, 0.717) is 11.5 Å². The Balaban J connectivity index is 0. The molecule has 1 aliphatic carbocycles. The minimum absolute atomic E-state index is 0. The second-order valence-corrected chi connectivity index (χ2v) is 3.39. The number of hydrogen-bond donors (Lipinski definition) is 1. The fourth-order valence-electron chi connectivity index (χ4n) is 1.95. The van der Waals surface area contributed by atoms with Crippen LogP contribution in [0.2, 0.25) is 0 Å². The maximum atomic E-state index is 11.1. The van der Waals surface area contributed by atoms with Crippen LogP contribution in [0.15, 0.2) is 5.28 Å². The minimum Gasteiger partial charge on any atom is -1.00 e. The normalized spacial score (nSPS) is 18.8. The molecule has 0 radical (unpaired) electrons. The fourth-order valence-corrected chi connectivity index (χ4v) is 1.95. The van der Waals surface area contributed by atoms with Gasteiger partial charge in [0.05, 0.1) is 17.6 Å². The van der Waals surface area contributed by atoms with E-state index >= 15 is 0 Å². The van der Waals surface area contributed by atoms with E-state index in [2.05, 4.69) is 5.28 Å². The predicted molar refractivity (Wildman–Crippen MR) is 48.2 cm³/mol. The van der Waals surface area contributed by atoms with Crippen LogP contribution >= 0.6 is 0 Å². The number of nitrogens with zero attached hydrogens (tertiary/aromatic N) is 3. The van der Waals surface area contributed by atoms with Crippen molar-refractivity contribution in [3.63, 3.8) is 0 Å². The first-order chi connectivity index (χ1) is 6.29. The number of rotatable bonds is 3. The molecule has 78 valence electrons. The van der Waals surface area contributed by atoms with Crippen LogP contribution in [0.25, 0.3) is 0 Å². The molecule has 0 spiro atoms. The zero-order chi connectivity index (χ0) is 9.68. The molecular weight excluding hydrogens is 193 g/mol. The standard InChI is InChI=1S/C8H17N3O2.Na.H/c1-2-10(11(13)9-12)8-6-4-3-5-7-8;;/h8,12H,2-7H2,1H3;;/q;+1;-1. The third-order valence-electron chi connectivity index (χ3n) is 2.62. The van der Waals surface area contributed by atoms with E-state index in [1.54, 1.807) is 5.01 Å². The topological polar surface area (TPSA) is 61.9 Å². The first-order valence-corrected chi connectivity index (χ1v) is 4.88. The molecule has 1 saturated carbocycles. The summed E-state index contributed by atoms with van der Waals surface area (Å²) in [4.78, 5) is 0.302. The first kappa shape index (κ1) is 14.0. The second kappa shape index (κ2) is 7.31. The second-order valence-electron chi connectivity index (χ2n) is 3.39. The molecule has 5 nitrogen and oxygen atoms in total. The summed E-state index contributed by atoms with van der Waals surface area (Å²) in [5, 5.41) is 23.6. The summed E-state index contributed by atoms with van der Waals surface area (Å²) in [6.45, 7) is 2.49. The molecule has 1 aliphatic rings. The monoisotopic (exact) mass is 211 g/mol. The van der Waals surface area contributed by atoms with Crippen molar-refractivity contribution in [3.05, 3.63) is 5.21 Å². The van der Waals surface area contributed by atoms with Gasteiger partial charge in [-0.25, -0.2) is 0 Å². The van der Waals surface area contributed by atoms with Crippen molar-refractivity contribution >= 4 is 0 Å². The summed E-state index contributed by atoms with van der Waals surface area (Å²) in [7, 11) is 0. The van der Waals surface area contributed by atoms with Gasteiger partial charge in [0, 0.05) is 0 Å². The molecule has 0 aliphatic heterocycles. The third kappa shape index (κ3) is 3.63. The Hall–Kier alpha value is 0. The van der Waals surface area contributed by atoms with E-state index in [1.807, 2.05) is 6.92 Å². The van der Waals surface area contributed by atoms with Gasteiger partial charge in [0.2, 0.25) is 5.28 Å². The molecule has 0 aromatic heterocycles. The van der Waals surface area contributed by atoms with Crippen LogP contribution in [0.3, 0.4) is 0 Å². The Morgan fingerprint density at radius 2 is 2.07 bits per heavy atom. The van der Waals surface area contributed by atoms with Crippen LogP contribution in [0.5, 0.6) is 0 Å². The van der Waals surface area contributed by atoms with Gasteiger partial charge in [0.1, 0.15) is 0 Å². The first-order valence-electron chi connectivity index (χ1n) is 4.88. The third-order valence-corrected chi connectivity index (χ3v) is 2.62. The largest absolute Gasteiger partial charge is 1.00 e. The maximum absolute atomic E-state index is 11.1. The maximum Gasteiger partial charge on any atom is 1.00 e. The van der Waals surface area contributed by atoms with Crippen LogP contribution in [0.1, 0.15) is 40.5 Å². The van der Waals surface area contributed by atoms with Crippen LogP contribution in [0.4, 0.5) is 0 Å². The van der Waals surface area contributed by atoms with Crippen LogP contribution in [0, 0.1) is 5.21 Å². The Morgan fingerprint density at radius 1 is 1.50 bits per heavy atom. The summed E-state index contributed by atoms with van der Waals surface area (Å²) >= 11 is 0. The van der Waals surface area contributed by atoms with Crippen molar-refractivity contribution in [2.45, 2.75) is 45.1 Å². The van der Waals surface area contributed by atoms with E-state index in [-0.39, 0.29) is 37.0 Å². The summed E-state index contributed by atoms with van der Waals surface area (Å²) in [6.07, 6.45) is 5.65. The average molecular weight is 211 g/mol. The van der Waals surface area contributed by atoms with Crippen LogP contribution < -0.4 is 29.6 Å². The Labute approximate surface area is 108 Å². The zero-order valence-electron chi connectivity index (χ0n) is 10.0. The number of hydrazine groups is 1. The molecule has 0 amide bonds. The Kier molecular flexibility index (Phi) is 7.31. The van der Waals surface area contributed by atoms with Gasteiger partial charge in [-0.05, 0) is 19.8 Å². The van der Waals surface area contributed by atoms with Gasteiger partial charge in [-0.15, -0.1) is 5.01 Å². The quantitative estimate of drug-likeness (QED) is 0.282. The van der Waals surface area contributed by atoms with Gasteiger partial charge in [-0.3, -0.25) is 0 Å². The molecule has 1 rings (SSSR count). The molecule has 0 aromatic rings. The van der Waals surface area contributed by atoms with Gasteiger partial charge in [0.15, 0.2) is 0 Å². The Morgan fingerprint density at radius 3 is 2.50 bits per heavy atom. The molecule has 0 aromatic carbocycles. The molecule has 0 saturated heterocycles. The van der Waals surface area contributed by atoms with Gasteiger partial charge >= 0.3 is 29.6 Å². The smallest absolute Gasteiger partial charge is 1.00 e. The van der Waals surface area contributed by atoms with Crippen molar-refractivity contribution < 1.29 is 41.2 Å². The van der Waals surface area contributed by atoms with Crippen molar-refractivity contribution in [1.29, 1.82) is 0 Å². The van der Waals surface area contributed by atoms with E-state index < -0.39 is 0 Å². The van der Waals surface area contributed by atoms with Crippen molar-refractivity contribution in [2.75, 3.05) is 6.54 Å². The molecule has 0 atom stereocenters. The van der Waals surface area contributed by atoms with Gasteiger partial charge < -0.3 is 11.8 Å². The summed E-state index contributed by atoms with van der Waals surface area (Å²) in [5.74, 6) is 0. The summed E-state index contributed by atoms with van der Waals surface area (Å²) < 4.78 is 0. The van der Waals surface area contributed by atoms with Crippen LogP contribution in [-0.4, -0.2) is 27.8 Å². The Bertz CT molecular complexity index is 189. The molecule has 0 bridgehead atoms. The zero-order valence-corrected chi connectivity index (χ0v) is 11.0. The minimum atomic E-state index is 0. The van der Waals surface area contributed by atoms with Gasteiger partial charge in [-0.1, -0.05) is 19.3 Å². The molecule has 14 heavy (non-hydrogen) atoms. The molecule has 0 heterocycles. The van der Waals surface area contributed by atoms with Crippen molar-refractivity contribution in [2.24, 2.45) is 5.28 Å². The van der Waals surface area contributed by atoms with E-state index in [1.165, 1.54) is 19.3 Å².